The number of rotatable bonds is 0. The van der Waals surface area contributed by atoms with E-state index in [1.54, 1.807) is 6.92 Å². The van der Waals surface area contributed by atoms with Crippen molar-refractivity contribution in [2.75, 3.05) is 0 Å². The fourth-order valence-corrected chi connectivity index (χ4v) is 0.724. The van der Waals surface area contributed by atoms with Gasteiger partial charge in [0, 0.05) is 5.56 Å². The van der Waals surface area contributed by atoms with E-state index in [0.29, 0.717) is 10.3 Å². The lowest BCUT2D eigenvalue weighted by atomic mass is 10.4. The van der Waals surface area contributed by atoms with Gasteiger partial charge in [-0.3, -0.25) is 0 Å². The third-order valence-corrected chi connectivity index (χ3v) is 1.72. The van der Waals surface area contributed by atoms with Crippen molar-refractivity contribution in [1.82, 2.24) is 9.97 Å². The minimum atomic E-state index is 0.412. The predicted molar refractivity (Wildman–Crippen MR) is 48.1 cm³/mol. The van der Waals surface area contributed by atoms with Crippen molar-refractivity contribution in [3.05, 3.63) is 22.2 Å². The molecule has 0 fully saturated rings. The summed E-state index contributed by atoms with van der Waals surface area (Å²) < 4.78 is 0. The van der Waals surface area contributed by atoms with Crippen LogP contribution in [0.15, 0.2) is 6.33 Å². The standard InChI is InChI=1S/C5H4Cl2N2.C2H6/c1-3-4(6)8-2-9-5(3)7;1-2/h2H,1H3;1-2H3. The zero-order valence-corrected chi connectivity index (χ0v) is 8.24. The molecule has 0 N–H and O–H groups in total. The second-order valence-electron chi connectivity index (χ2n) is 1.58. The molecule has 0 aliphatic rings. The SMILES string of the molecule is CC.Cc1c(Cl)ncnc1Cl. The summed E-state index contributed by atoms with van der Waals surface area (Å²) in [5, 5.41) is 0.824. The summed E-state index contributed by atoms with van der Waals surface area (Å²) in [7, 11) is 0. The van der Waals surface area contributed by atoms with E-state index in [1.165, 1.54) is 6.33 Å². The van der Waals surface area contributed by atoms with E-state index in [2.05, 4.69) is 9.97 Å². The van der Waals surface area contributed by atoms with Crippen LogP contribution in [0, 0.1) is 6.92 Å². The quantitative estimate of drug-likeness (QED) is 0.591. The van der Waals surface area contributed by atoms with Crippen LogP contribution in [0.4, 0.5) is 0 Å². The van der Waals surface area contributed by atoms with Gasteiger partial charge in [-0.15, -0.1) is 0 Å². The zero-order chi connectivity index (χ0) is 8.85. The van der Waals surface area contributed by atoms with Crippen LogP contribution in [-0.4, -0.2) is 9.97 Å². The van der Waals surface area contributed by atoms with Crippen molar-refractivity contribution >= 4 is 23.2 Å². The first-order chi connectivity index (χ1) is 5.22. The summed E-state index contributed by atoms with van der Waals surface area (Å²) in [4.78, 5) is 7.42. The molecule has 2 nitrogen and oxygen atoms in total. The number of aromatic nitrogens is 2. The Hall–Kier alpha value is -0.340. The van der Waals surface area contributed by atoms with Crippen molar-refractivity contribution < 1.29 is 0 Å². The molecule has 0 aliphatic carbocycles. The highest BCUT2D eigenvalue weighted by molar-refractivity contribution is 6.34. The van der Waals surface area contributed by atoms with E-state index in [1.807, 2.05) is 13.8 Å². The van der Waals surface area contributed by atoms with Gasteiger partial charge in [-0.1, -0.05) is 37.0 Å². The summed E-state index contributed by atoms with van der Waals surface area (Å²) in [5.74, 6) is 0. The van der Waals surface area contributed by atoms with Gasteiger partial charge >= 0.3 is 0 Å². The van der Waals surface area contributed by atoms with Crippen LogP contribution in [0.3, 0.4) is 0 Å². The van der Waals surface area contributed by atoms with Crippen LogP contribution in [-0.2, 0) is 0 Å². The monoisotopic (exact) mass is 192 g/mol. The van der Waals surface area contributed by atoms with Crippen LogP contribution < -0.4 is 0 Å². The minimum absolute atomic E-state index is 0.412. The van der Waals surface area contributed by atoms with Crippen LogP contribution in [0.2, 0.25) is 10.3 Å². The van der Waals surface area contributed by atoms with E-state index < -0.39 is 0 Å². The summed E-state index contributed by atoms with van der Waals surface area (Å²) >= 11 is 11.2. The minimum Gasteiger partial charge on any atom is -0.224 e. The summed E-state index contributed by atoms with van der Waals surface area (Å²) in [6.45, 7) is 5.77. The Morgan fingerprint density at radius 2 is 1.45 bits per heavy atom. The van der Waals surface area contributed by atoms with E-state index in [0.717, 1.165) is 5.56 Å². The Balaban J connectivity index is 0.000000461. The first-order valence-corrected chi connectivity index (χ1v) is 4.10. The molecule has 0 unspecified atom stereocenters. The molecule has 11 heavy (non-hydrogen) atoms. The number of hydrogen-bond donors (Lipinski definition) is 0. The molecule has 62 valence electrons. The van der Waals surface area contributed by atoms with Crippen molar-refractivity contribution in [3.63, 3.8) is 0 Å². The van der Waals surface area contributed by atoms with Crippen molar-refractivity contribution in [3.8, 4) is 0 Å². The average Bonchev–Trinajstić information content (AvgIpc) is 2.04. The van der Waals surface area contributed by atoms with E-state index in [4.69, 9.17) is 23.2 Å². The highest BCUT2D eigenvalue weighted by Crippen LogP contribution is 2.16. The Bertz CT molecular complexity index is 205. The van der Waals surface area contributed by atoms with E-state index in [-0.39, 0.29) is 0 Å². The van der Waals surface area contributed by atoms with Crippen molar-refractivity contribution in [2.24, 2.45) is 0 Å². The molecule has 0 spiro atoms. The maximum Gasteiger partial charge on any atom is 0.136 e. The Morgan fingerprint density at radius 1 is 1.09 bits per heavy atom. The summed E-state index contributed by atoms with van der Waals surface area (Å²) in [5.41, 5.74) is 0.723. The van der Waals surface area contributed by atoms with Gasteiger partial charge in [0.2, 0.25) is 0 Å². The van der Waals surface area contributed by atoms with Crippen LogP contribution >= 0.6 is 23.2 Å². The number of nitrogens with zero attached hydrogens (tertiary/aromatic N) is 2. The summed E-state index contributed by atoms with van der Waals surface area (Å²) in [6.07, 6.45) is 1.33. The molecule has 0 radical (unpaired) electrons. The highest BCUT2D eigenvalue weighted by atomic mass is 35.5. The molecule has 1 aromatic rings. The molecule has 0 aromatic carbocycles. The molecule has 0 amide bonds. The first-order valence-electron chi connectivity index (χ1n) is 3.34. The van der Waals surface area contributed by atoms with E-state index >= 15 is 0 Å². The lowest BCUT2D eigenvalue weighted by Gasteiger charge is -1.94. The molecular weight excluding hydrogens is 183 g/mol. The number of halogens is 2. The Labute approximate surface area is 76.6 Å². The van der Waals surface area contributed by atoms with Crippen LogP contribution in [0.25, 0.3) is 0 Å². The average molecular weight is 193 g/mol. The van der Waals surface area contributed by atoms with Gasteiger partial charge in [0.05, 0.1) is 0 Å². The second-order valence-corrected chi connectivity index (χ2v) is 2.30. The molecule has 1 rings (SSSR count). The molecular formula is C7H10Cl2N2. The maximum atomic E-state index is 5.58. The third kappa shape index (κ3) is 3.04. The lowest BCUT2D eigenvalue weighted by molar-refractivity contribution is 1.13. The van der Waals surface area contributed by atoms with Crippen molar-refractivity contribution in [1.29, 1.82) is 0 Å². The van der Waals surface area contributed by atoms with Crippen LogP contribution in [0.5, 0.6) is 0 Å². The Morgan fingerprint density at radius 3 is 1.73 bits per heavy atom. The van der Waals surface area contributed by atoms with Gasteiger partial charge in [-0.25, -0.2) is 9.97 Å². The molecule has 1 heterocycles. The normalized spacial score (nSPS) is 8.45. The fraction of sp³-hybridized carbons (Fsp3) is 0.429. The molecule has 0 bridgehead atoms. The molecule has 0 atom stereocenters. The largest absolute Gasteiger partial charge is 0.224 e. The zero-order valence-electron chi connectivity index (χ0n) is 6.73. The molecule has 4 heteroatoms. The van der Waals surface area contributed by atoms with Gasteiger partial charge in [0.15, 0.2) is 0 Å². The van der Waals surface area contributed by atoms with E-state index in [9.17, 15) is 0 Å². The molecule has 0 aliphatic heterocycles. The fourth-order valence-electron chi connectivity index (χ4n) is 0.409. The van der Waals surface area contributed by atoms with Gasteiger partial charge < -0.3 is 0 Å². The summed E-state index contributed by atoms with van der Waals surface area (Å²) in [6, 6.07) is 0. The topological polar surface area (TPSA) is 25.8 Å². The van der Waals surface area contributed by atoms with Crippen LogP contribution in [0.1, 0.15) is 19.4 Å². The van der Waals surface area contributed by atoms with Gasteiger partial charge in [-0.05, 0) is 6.92 Å². The van der Waals surface area contributed by atoms with Gasteiger partial charge in [0.25, 0.3) is 0 Å². The lowest BCUT2D eigenvalue weighted by Crippen LogP contribution is -1.84. The van der Waals surface area contributed by atoms with Crippen molar-refractivity contribution in [2.45, 2.75) is 20.8 Å². The first kappa shape index (κ1) is 10.7. The maximum absolute atomic E-state index is 5.58. The molecule has 0 saturated heterocycles. The number of hydrogen-bond acceptors (Lipinski definition) is 2. The van der Waals surface area contributed by atoms with Gasteiger partial charge in [-0.2, -0.15) is 0 Å². The predicted octanol–water partition coefficient (Wildman–Crippen LogP) is 3.12. The highest BCUT2D eigenvalue weighted by Gasteiger charge is 1.99. The third-order valence-electron chi connectivity index (χ3n) is 0.961. The smallest absolute Gasteiger partial charge is 0.136 e. The second kappa shape index (κ2) is 5.33. The Kier molecular flexibility index (Phi) is 5.16. The molecule has 1 aromatic heterocycles. The van der Waals surface area contributed by atoms with Gasteiger partial charge in [0.1, 0.15) is 16.6 Å². The molecule has 0 saturated carbocycles.